The van der Waals surface area contributed by atoms with Gasteiger partial charge in [-0.3, -0.25) is 4.79 Å². The SMILES string of the molecule is O=C(Nc1ccccc1Cl)c1conc1-c1ccccc1. The molecule has 0 radical (unpaired) electrons. The highest BCUT2D eigenvalue weighted by molar-refractivity contribution is 6.34. The van der Waals surface area contributed by atoms with Crippen LogP contribution in [0.2, 0.25) is 5.02 Å². The average Bonchev–Trinajstić information content (AvgIpc) is 3.00. The molecular weight excluding hydrogens is 288 g/mol. The molecule has 0 unspecified atom stereocenters. The Bertz CT molecular complexity index is 769. The van der Waals surface area contributed by atoms with Crippen molar-refractivity contribution in [3.63, 3.8) is 0 Å². The predicted molar refractivity (Wildman–Crippen MR) is 81.3 cm³/mol. The van der Waals surface area contributed by atoms with Gasteiger partial charge in [0, 0.05) is 5.56 Å². The maximum Gasteiger partial charge on any atom is 0.261 e. The van der Waals surface area contributed by atoms with Crippen LogP contribution in [-0.4, -0.2) is 11.1 Å². The van der Waals surface area contributed by atoms with Crippen LogP contribution in [0.4, 0.5) is 5.69 Å². The Kier molecular flexibility index (Phi) is 3.71. The molecule has 4 nitrogen and oxygen atoms in total. The quantitative estimate of drug-likeness (QED) is 0.786. The van der Waals surface area contributed by atoms with E-state index in [1.165, 1.54) is 6.26 Å². The molecule has 21 heavy (non-hydrogen) atoms. The summed E-state index contributed by atoms with van der Waals surface area (Å²) in [5, 5.41) is 7.13. The molecule has 0 aliphatic heterocycles. The third kappa shape index (κ3) is 2.80. The van der Waals surface area contributed by atoms with Gasteiger partial charge in [-0.1, -0.05) is 59.2 Å². The third-order valence-corrected chi connectivity index (χ3v) is 3.31. The number of nitrogens with zero attached hydrogens (tertiary/aromatic N) is 1. The Balaban J connectivity index is 1.90. The van der Waals surface area contributed by atoms with Gasteiger partial charge in [0.25, 0.3) is 5.91 Å². The molecule has 0 atom stereocenters. The first-order chi connectivity index (χ1) is 10.3. The molecule has 5 heteroatoms. The molecule has 1 heterocycles. The Morgan fingerprint density at radius 3 is 2.52 bits per heavy atom. The summed E-state index contributed by atoms with van der Waals surface area (Å²) >= 11 is 6.03. The molecule has 0 saturated carbocycles. The van der Waals surface area contributed by atoms with Gasteiger partial charge in [-0.2, -0.15) is 0 Å². The van der Waals surface area contributed by atoms with Gasteiger partial charge in [0.15, 0.2) is 0 Å². The summed E-state index contributed by atoms with van der Waals surface area (Å²) in [5.74, 6) is -0.316. The lowest BCUT2D eigenvalue weighted by Gasteiger charge is -2.06. The number of hydrogen-bond donors (Lipinski definition) is 1. The van der Waals surface area contributed by atoms with Crippen LogP contribution in [0.1, 0.15) is 10.4 Å². The van der Waals surface area contributed by atoms with Crippen LogP contribution in [0.5, 0.6) is 0 Å². The van der Waals surface area contributed by atoms with Gasteiger partial charge in [-0.25, -0.2) is 0 Å². The Morgan fingerprint density at radius 2 is 1.76 bits per heavy atom. The summed E-state index contributed by atoms with van der Waals surface area (Å²) in [7, 11) is 0. The zero-order valence-corrected chi connectivity index (χ0v) is 11.7. The van der Waals surface area contributed by atoms with E-state index in [0.29, 0.717) is 22.0 Å². The maximum absolute atomic E-state index is 12.4. The van der Waals surface area contributed by atoms with Crippen molar-refractivity contribution in [1.29, 1.82) is 0 Å². The van der Waals surface area contributed by atoms with Gasteiger partial charge in [0.05, 0.1) is 10.7 Å². The van der Waals surface area contributed by atoms with Crippen LogP contribution in [0, 0.1) is 0 Å². The molecule has 0 spiro atoms. The standard InChI is InChI=1S/C16H11ClN2O2/c17-13-8-4-5-9-14(13)18-16(20)12-10-21-19-15(12)11-6-2-1-3-7-11/h1-10H,(H,18,20). The van der Waals surface area contributed by atoms with Crippen molar-refractivity contribution in [1.82, 2.24) is 5.16 Å². The van der Waals surface area contributed by atoms with Crippen molar-refractivity contribution in [2.24, 2.45) is 0 Å². The fraction of sp³-hybridized carbons (Fsp3) is 0. The highest BCUT2D eigenvalue weighted by Crippen LogP contribution is 2.25. The minimum absolute atomic E-state index is 0.316. The number of amides is 1. The van der Waals surface area contributed by atoms with E-state index in [4.69, 9.17) is 16.1 Å². The van der Waals surface area contributed by atoms with E-state index in [2.05, 4.69) is 10.5 Å². The lowest BCUT2D eigenvalue weighted by molar-refractivity contribution is 0.102. The molecule has 1 aromatic heterocycles. The van der Waals surface area contributed by atoms with E-state index in [-0.39, 0.29) is 5.91 Å². The molecule has 0 aliphatic carbocycles. The second-order valence-electron chi connectivity index (χ2n) is 4.38. The summed E-state index contributed by atoms with van der Waals surface area (Å²) < 4.78 is 4.95. The first-order valence-corrected chi connectivity index (χ1v) is 6.69. The summed E-state index contributed by atoms with van der Waals surface area (Å²) in [6.45, 7) is 0. The smallest absolute Gasteiger partial charge is 0.261 e. The summed E-state index contributed by atoms with van der Waals surface area (Å²) in [4.78, 5) is 12.4. The topological polar surface area (TPSA) is 55.1 Å². The molecule has 3 rings (SSSR count). The first-order valence-electron chi connectivity index (χ1n) is 6.31. The number of rotatable bonds is 3. The van der Waals surface area contributed by atoms with Gasteiger partial charge >= 0.3 is 0 Å². The van der Waals surface area contributed by atoms with Crippen molar-refractivity contribution in [3.05, 3.63) is 71.4 Å². The van der Waals surface area contributed by atoms with Crippen LogP contribution in [0.3, 0.4) is 0 Å². The molecule has 104 valence electrons. The monoisotopic (exact) mass is 298 g/mol. The van der Waals surface area contributed by atoms with E-state index in [1.54, 1.807) is 24.3 Å². The summed E-state index contributed by atoms with van der Waals surface area (Å²) in [6.07, 6.45) is 1.33. The van der Waals surface area contributed by atoms with Crippen molar-refractivity contribution in [2.75, 3.05) is 5.32 Å². The molecular formula is C16H11ClN2O2. The lowest BCUT2D eigenvalue weighted by atomic mass is 10.1. The van der Waals surface area contributed by atoms with E-state index in [0.717, 1.165) is 5.56 Å². The lowest BCUT2D eigenvalue weighted by Crippen LogP contribution is -2.12. The number of nitrogens with one attached hydrogen (secondary N) is 1. The van der Waals surface area contributed by atoms with Gasteiger partial charge in [0.1, 0.15) is 17.5 Å². The summed E-state index contributed by atoms with van der Waals surface area (Å²) in [6, 6.07) is 16.4. The van der Waals surface area contributed by atoms with Gasteiger partial charge in [-0.15, -0.1) is 0 Å². The van der Waals surface area contributed by atoms with Gasteiger partial charge < -0.3 is 9.84 Å². The summed E-state index contributed by atoms with van der Waals surface area (Å²) in [5.41, 5.74) is 2.22. The molecule has 0 aliphatic rings. The fourth-order valence-corrected chi connectivity index (χ4v) is 2.14. The second kappa shape index (κ2) is 5.81. The second-order valence-corrected chi connectivity index (χ2v) is 4.78. The maximum atomic E-state index is 12.4. The van der Waals surface area contributed by atoms with Crippen LogP contribution in [0.25, 0.3) is 11.3 Å². The average molecular weight is 299 g/mol. The normalized spacial score (nSPS) is 10.3. The highest BCUT2D eigenvalue weighted by Gasteiger charge is 2.18. The van der Waals surface area contributed by atoms with Crippen molar-refractivity contribution in [2.45, 2.75) is 0 Å². The molecule has 1 amide bonds. The van der Waals surface area contributed by atoms with Gasteiger partial charge in [0.2, 0.25) is 0 Å². The van der Waals surface area contributed by atoms with Crippen LogP contribution in [0.15, 0.2) is 65.4 Å². The van der Waals surface area contributed by atoms with Crippen molar-refractivity contribution < 1.29 is 9.32 Å². The van der Waals surface area contributed by atoms with Crippen LogP contribution in [-0.2, 0) is 0 Å². The fourth-order valence-electron chi connectivity index (χ4n) is 1.95. The van der Waals surface area contributed by atoms with E-state index in [1.807, 2.05) is 30.3 Å². The van der Waals surface area contributed by atoms with E-state index < -0.39 is 0 Å². The zero-order valence-electron chi connectivity index (χ0n) is 10.9. The number of carbonyl (C=O) groups is 1. The minimum atomic E-state index is -0.316. The number of hydrogen-bond acceptors (Lipinski definition) is 3. The number of carbonyl (C=O) groups excluding carboxylic acids is 1. The number of aromatic nitrogens is 1. The number of anilines is 1. The van der Waals surface area contributed by atoms with Crippen molar-refractivity contribution in [3.8, 4) is 11.3 Å². The molecule has 0 fully saturated rings. The predicted octanol–water partition coefficient (Wildman–Crippen LogP) is 4.25. The largest absolute Gasteiger partial charge is 0.363 e. The van der Waals surface area contributed by atoms with Gasteiger partial charge in [-0.05, 0) is 12.1 Å². The minimum Gasteiger partial charge on any atom is -0.363 e. The molecule has 0 saturated heterocycles. The third-order valence-electron chi connectivity index (χ3n) is 2.98. The van der Waals surface area contributed by atoms with E-state index >= 15 is 0 Å². The Labute approximate surface area is 126 Å². The van der Waals surface area contributed by atoms with E-state index in [9.17, 15) is 4.79 Å². The molecule has 3 aromatic rings. The Hall–Kier alpha value is -2.59. The molecule has 0 bridgehead atoms. The number of para-hydroxylation sites is 1. The zero-order chi connectivity index (χ0) is 14.7. The molecule has 2 aromatic carbocycles. The van der Waals surface area contributed by atoms with Crippen molar-refractivity contribution >= 4 is 23.2 Å². The Morgan fingerprint density at radius 1 is 1.05 bits per heavy atom. The van der Waals surface area contributed by atoms with Crippen LogP contribution < -0.4 is 5.32 Å². The number of benzene rings is 2. The number of halogens is 1. The highest BCUT2D eigenvalue weighted by atomic mass is 35.5. The molecule has 1 N–H and O–H groups in total. The van der Waals surface area contributed by atoms with Crippen LogP contribution >= 0.6 is 11.6 Å². The first kappa shape index (κ1) is 13.4.